The Morgan fingerprint density at radius 3 is 2.42 bits per heavy atom. The number of halogens is 2. The van der Waals surface area contributed by atoms with E-state index in [1.54, 1.807) is 18.2 Å². The molecule has 0 atom stereocenters. The summed E-state index contributed by atoms with van der Waals surface area (Å²) < 4.78 is 11.0. The Kier molecular flexibility index (Phi) is 3.82. The zero-order valence-electron chi connectivity index (χ0n) is 12.8. The Balaban J connectivity index is 1.60. The zero-order chi connectivity index (χ0) is 16.7. The summed E-state index contributed by atoms with van der Waals surface area (Å²) >= 11 is 12.3. The number of rotatable bonds is 3. The van der Waals surface area contributed by atoms with E-state index in [4.69, 9.17) is 32.7 Å². The zero-order valence-corrected chi connectivity index (χ0v) is 14.3. The minimum absolute atomic E-state index is 0.0802. The molecule has 6 heteroatoms. The molecule has 124 valence electrons. The highest BCUT2D eigenvalue weighted by atomic mass is 35.5. The first-order valence-corrected chi connectivity index (χ1v) is 8.51. The summed E-state index contributed by atoms with van der Waals surface area (Å²) in [6.07, 6.45) is 1.59. The molecule has 2 aromatic rings. The van der Waals surface area contributed by atoms with Gasteiger partial charge in [-0.15, -0.1) is 0 Å². The molecule has 2 aromatic carbocycles. The quantitative estimate of drug-likeness (QED) is 0.876. The van der Waals surface area contributed by atoms with E-state index in [2.05, 4.69) is 5.32 Å². The van der Waals surface area contributed by atoms with Crippen LogP contribution in [0.5, 0.6) is 11.5 Å². The number of hydrogen-bond acceptors (Lipinski definition) is 3. The molecule has 1 heterocycles. The van der Waals surface area contributed by atoms with Gasteiger partial charge in [0.05, 0.1) is 16.1 Å². The topological polar surface area (TPSA) is 47.6 Å². The van der Waals surface area contributed by atoms with E-state index >= 15 is 0 Å². The van der Waals surface area contributed by atoms with Crippen LogP contribution in [0.4, 0.5) is 5.69 Å². The number of hydrogen-bond donors (Lipinski definition) is 1. The van der Waals surface area contributed by atoms with Gasteiger partial charge in [-0.1, -0.05) is 35.3 Å². The maximum atomic E-state index is 12.8. The second kappa shape index (κ2) is 5.87. The van der Waals surface area contributed by atoms with Gasteiger partial charge in [-0.05, 0) is 30.5 Å². The Morgan fingerprint density at radius 1 is 1.04 bits per heavy atom. The van der Waals surface area contributed by atoms with Crippen LogP contribution in [-0.2, 0) is 10.2 Å². The monoisotopic (exact) mass is 363 g/mol. The van der Waals surface area contributed by atoms with Crippen molar-refractivity contribution in [3.63, 3.8) is 0 Å². The second-order valence-corrected chi connectivity index (χ2v) is 6.87. The summed E-state index contributed by atoms with van der Waals surface area (Å²) in [4.78, 5) is 12.8. The highest BCUT2D eigenvalue weighted by Gasteiger charge is 2.51. The largest absolute Gasteiger partial charge is 0.486 e. The lowest BCUT2D eigenvalue weighted by Crippen LogP contribution is -2.28. The van der Waals surface area contributed by atoms with Crippen LogP contribution in [0.3, 0.4) is 0 Å². The van der Waals surface area contributed by atoms with Crippen LogP contribution in [0.1, 0.15) is 18.4 Å². The molecule has 24 heavy (non-hydrogen) atoms. The Bertz CT molecular complexity index is 818. The predicted molar refractivity (Wildman–Crippen MR) is 93.4 cm³/mol. The fourth-order valence-corrected chi connectivity index (χ4v) is 3.35. The number of amides is 1. The smallest absolute Gasteiger partial charge is 0.235 e. The molecule has 0 unspecified atom stereocenters. The molecule has 0 bridgehead atoms. The van der Waals surface area contributed by atoms with Crippen LogP contribution in [-0.4, -0.2) is 19.1 Å². The summed E-state index contributed by atoms with van der Waals surface area (Å²) in [6, 6.07) is 10.8. The molecule has 0 spiro atoms. The number of anilines is 1. The molecule has 0 aromatic heterocycles. The molecule has 1 aliphatic carbocycles. The number of carbonyl (C=O) groups is 1. The van der Waals surface area contributed by atoms with Crippen molar-refractivity contribution in [1.82, 2.24) is 0 Å². The van der Waals surface area contributed by atoms with Gasteiger partial charge in [0, 0.05) is 17.2 Å². The van der Waals surface area contributed by atoms with Crippen LogP contribution in [0.15, 0.2) is 36.4 Å². The summed E-state index contributed by atoms with van der Waals surface area (Å²) in [6.45, 7) is 0.974. The molecule has 4 nitrogen and oxygen atoms in total. The summed E-state index contributed by atoms with van der Waals surface area (Å²) in [7, 11) is 0. The van der Waals surface area contributed by atoms with Gasteiger partial charge in [0.25, 0.3) is 0 Å². The maximum Gasteiger partial charge on any atom is 0.235 e. The fourth-order valence-electron chi connectivity index (χ4n) is 2.96. The standard InChI is InChI=1S/C18H15Cl2NO3/c19-12-3-1-2-11(8-12)18(4-5-18)17(22)21-14-10-16-15(9-13(14)20)23-6-7-24-16/h1-3,8-10H,4-7H2,(H,21,22). The molecule has 0 radical (unpaired) electrons. The van der Waals surface area contributed by atoms with Gasteiger partial charge < -0.3 is 14.8 Å². The summed E-state index contributed by atoms with van der Waals surface area (Å²) in [5, 5.41) is 3.99. The van der Waals surface area contributed by atoms with Gasteiger partial charge in [0.1, 0.15) is 13.2 Å². The van der Waals surface area contributed by atoms with Crippen LogP contribution < -0.4 is 14.8 Å². The van der Waals surface area contributed by atoms with Gasteiger partial charge in [0.2, 0.25) is 5.91 Å². The average molecular weight is 364 g/mol. The lowest BCUT2D eigenvalue weighted by Gasteiger charge is -2.21. The van der Waals surface area contributed by atoms with Crippen molar-refractivity contribution in [2.24, 2.45) is 0 Å². The Morgan fingerprint density at radius 2 is 1.75 bits per heavy atom. The van der Waals surface area contributed by atoms with E-state index in [1.807, 2.05) is 18.2 Å². The molecule has 1 aliphatic heterocycles. The van der Waals surface area contributed by atoms with Crippen molar-refractivity contribution in [1.29, 1.82) is 0 Å². The van der Waals surface area contributed by atoms with Gasteiger partial charge in [-0.25, -0.2) is 0 Å². The predicted octanol–water partition coefficient (Wildman–Crippen LogP) is 4.43. The first-order chi connectivity index (χ1) is 11.6. The van der Waals surface area contributed by atoms with Crippen molar-refractivity contribution in [2.45, 2.75) is 18.3 Å². The number of benzene rings is 2. The second-order valence-electron chi connectivity index (χ2n) is 6.02. The first kappa shape index (κ1) is 15.6. The van der Waals surface area contributed by atoms with Crippen molar-refractivity contribution in [3.8, 4) is 11.5 Å². The van der Waals surface area contributed by atoms with Crippen molar-refractivity contribution < 1.29 is 14.3 Å². The van der Waals surface area contributed by atoms with Crippen LogP contribution in [0.25, 0.3) is 0 Å². The minimum atomic E-state index is -0.526. The molecule has 1 amide bonds. The van der Waals surface area contributed by atoms with Crippen molar-refractivity contribution >= 4 is 34.8 Å². The van der Waals surface area contributed by atoms with E-state index in [1.165, 1.54) is 0 Å². The molecule has 1 saturated carbocycles. The van der Waals surface area contributed by atoms with E-state index < -0.39 is 5.41 Å². The number of ether oxygens (including phenoxy) is 2. The fraction of sp³-hybridized carbons (Fsp3) is 0.278. The normalized spacial score (nSPS) is 17.2. The Hall–Kier alpha value is -1.91. The van der Waals surface area contributed by atoms with E-state index in [0.29, 0.717) is 40.4 Å². The van der Waals surface area contributed by atoms with E-state index in [-0.39, 0.29) is 5.91 Å². The number of carbonyl (C=O) groups excluding carboxylic acids is 1. The van der Waals surface area contributed by atoms with Gasteiger partial charge in [-0.2, -0.15) is 0 Å². The molecule has 0 saturated heterocycles. The summed E-state index contributed by atoms with van der Waals surface area (Å²) in [5.74, 6) is 1.11. The molecule has 1 fully saturated rings. The molecular formula is C18H15Cl2NO3. The Labute approximate surface area is 149 Å². The first-order valence-electron chi connectivity index (χ1n) is 7.75. The van der Waals surface area contributed by atoms with Crippen molar-refractivity contribution in [3.05, 3.63) is 52.0 Å². The SMILES string of the molecule is O=C(Nc1cc2c(cc1Cl)OCCO2)C1(c2cccc(Cl)c2)CC1. The lowest BCUT2D eigenvalue weighted by atomic mass is 9.95. The van der Waals surface area contributed by atoms with Gasteiger partial charge in [0.15, 0.2) is 11.5 Å². The third kappa shape index (κ3) is 2.70. The van der Waals surface area contributed by atoms with E-state index in [9.17, 15) is 4.79 Å². The van der Waals surface area contributed by atoms with Gasteiger partial charge in [-0.3, -0.25) is 4.79 Å². The number of fused-ring (bicyclic) bond motifs is 1. The molecule has 1 N–H and O–H groups in total. The number of nitrogens with one attached hydrogen (secondary N) is 1. The molecule has 2 aliphatic rings. The van der Waals surface area contributed by atoms with E-state index in [0.717, 1.165) is 18.4 Å². The maximum absolute atomic E-state index is 12.8. The van der Waals surface area contributed by atoms with Crippen molar-refractivity contribution in [2.75, 3.05) is 18.5 Å². The third-order valence-corrected chi connectivity index (χ3v) is 4.99. The molecular weight excluding hydrogens is 349 g/mol. The third-order valence-electron chi connectivity index (χ3n) is 4.44. The average Bonchev–Trinajstić information content (AvgIpc) is 3.37. The highest BCUT2D eigenvalue weighted by Crippen LogP contribution is 2.50. The van der Waals surface area contributed by atoms with Crippen LogP contribution in [0.2, 0.25) is 10.0 Å². The molecule has 4 rings (SSSR count). The minimum Gasteiger partial charge on any atom is -0.486 e. The highest BCUT2D eigenvalue weighted by molar-refractivity contribution is 6.34. The van der Waals surface area contributed by atoms with Crippen LogP contribution >= 0.6 is 23.2 Å². The lowest BCUT2D eigenvalue weighted by molar-refractivity contribution is -0.118. The van der Waals surface area contributed by atoms with Gasteiger partial charge >= 0.3 is 0 Å². The summed E-state index contributed by atoms with van der Waals surface area (Å²) in [5.41, 5.74) is 0.932. The van der Waals surface area contributed by atoms with Crippen LogP contribution in [0, 0.1) is 0 Å².